The molecule has 0 heterocycles. The van der Waals surface area contributed by atoms with E-state index in [4.69, 9.17) is 5.73 Å². The third-order valence-electron chi connectivity index (χ3n) is 3.05. The summed E-state index contributed by atoms with van der Waals surface area (Å²) in [5, 5.41) is 0. The van der Waals surface area contributed by atoms with Crippen LogP contribution in [0, 0.1) is 0 Å². The van der Waals surface area contributed by atoms with Crippen LogP contribution in [0.4, 0.5) is 5.69 Å². The van der Waals surface area contributed by atoms with Gasteiger partial charge >= 0.3 is 0 Å². The van der Waals surface area contributed by atoms with Crippen LogP contribution in [0.2, 0.25) is 0 Å². The van der Waals surface area contributed by atoms with Gasteiger partial charge in [0.2, 0.25) is 0 Å². The maximum absolute atomic E-state index is 12.5. The van der Waals surface area contributed by atoms with Gasteiger partial charge in [0, 0.05) is 24.3 Å². The molecule has 0 fully saturated rings. The van der Waals surface area contributed by atoms with Crippen LogP contribution in [-0.2, 0) is 0 Å². The number of carbonyl (C=O) groups excluding carboxylic acids is 1. The quantitative estimate of drug-likeness (QED) is 0.443. The Morgan fingerprint density at radius 2 is 1.79 bits per heavy atom. The largest absolute Gasteiger partial charge is 0.399 e. The Labute approximate surface area is 115 Å². The first kappa shape index (κ1) is 15.2. The average Bonchev–Trinajstić information content (AvgIpc) is 2.40. The molecule has 1 rings (SSSR count). The summed E-state index contributed by atoms with van der Waals surface area (Å²) in [4.78, 5) is 14.6. The number of hydrogen-bond acceptors (Lipinski definition) is 3. The number of rotatable bonds is 8. The van der Waals surface area contributed by atoms with Crippen LogP contribution in [0.15, 0.2) is 49.6 Å². The first-order valence-corrected chi connectivity index (χ1v) is 6.49. The monoisotopic (exact) mass is 258 g/mol. The fraction of sp³-hybridized carbons (Fsp3) is 0.312. The molecule has 102 valence electrons. The van der Waals surface area contributed by atoms with Gasteiger partial charge in [0.25, 0.3) is 0 Å². The van der Waals surface area contributed by atoms with Gasteiger partial charge in [-0.05, 0) is 30.7 Å². The first-order chi connectivity index (χ1) is 9.13. The fourth-order valence-electron chi connectivity index (χ4n) is 2.11. The lowest BCUT2D eigenvalue weighted by Crippen LogP contribution is -2.41. The van der Waals surface area contributed by atoms with Crippen molar-refractivity contribution in [3.8, 4) is 0 Å². The smallest absolute Gasteiger partial charge is 0.179 e. The van der Waals surface area contributed by atoms with E-state index >= 15 is 0 Å². The zero-order chi connectivity index (χ0) is 14.3. The van der Waals surface area contributed by atoms with Crippen LogP contribution in [0.25, 0.3) is 0 Å². The third-order valence-corrected chi connectivity index (χ3v) is 3.05. The molecular weight excluding hydrogens is 236 g/mol. The molecule has 1 unspecified atom stereocenters. The van der Waals surface area contributed by atoms with Crippen molar-refractivity contribution in [3.63, 3.8) is 0 Å². The lowest BCUT2D eigenvalue weighted by molar-refractivity contribution is 0.0842. The van der Waals surface area contributed by atoms with E-state index in [1.807, 2.05) is 19.1 Å². The highest BCUT2D eigenvalue weighted by Gasteiger charge is 2.23. The van der Waals surface area contributed by atoms with Crippen LogP contribution in [0.1, 0.15) is 23.7 Å². The maximum atomic E-state index is 12.5. The number of carbonyl (C=O) groups is 1. The Hall–Kier alpha value is -1.87. The van der Waals surface area contributed by atoms with E-state index in [0.29, 0.717) is 24.3 Å². The summed E-state index contributed by atoms with van der Waals surface area (Å²) in [5.74, 6) is 0.117. The second-order valence-corrected chi connectivity index (χ2v) is 4.44. The van der Waals surface area contributed by atoms with Crippen molar-refractivity contribution < 1.29 is 4.79 Å². The number of benzene rings is 1. The molecule has 1 aromatic carbocycles. The molecule has 0 radical (unpaired) electrons. The van der Waals surface area contributed by atoms with E-state index < -0.39 is 0 Å². The van der Waals surface area contributed by atoms with Gasteiger partial charge in [-0.3, -0.25) is 9.69 Å². The molecule has 0 aromatic heterocycles. The predicted octanol–water partition coefficient (Wildman–Crippen LogP) is 2.90. The number of nitrogens with zero attached hydrogens (tertiary/aromatic N) is 1. The summed E-state index contributed by atoms with van der Waals surface area (Å²) in [5.41, 5.74) is 7.00. The van der Waals surface area contributed by atoms with Crippen molar-refractivity contribution in [1.29, 1.82) is 0 Å². The molecule has 2 N–H and O–H groups in total. The number of anilines is 1. The van der Waals surface area contributed by atoms with Gasteiger partial charge < -0.3 is 5.73 Å². The van der Waals surface area contributed by atoms with Gasteiger partial charge in [0.1, 0.15) is 0 Å². The molecule has 0 bridgehead atoms. The minimum Gasteiger partial charge on any atom is -0.399 e. The molecule has 3 nitrogen and oxygen atoms in total. The minimum atomic E-state index is -0.153. The van der Waals surface area contributed by atoms with E-state index in [0.717, 1.165) is 6.42 Å². The van der Waals surface area contributed by atoms with Crippen molar-refractivity contribution in [1.82, 2.24) is 4.90 Å². The van der Waals surface area contributed by atoms with Crippen molar-refractivity contribution in [2.75, 3.05) is 18.8 Å². The average molecular weight is 258 g/mol. The van der Waals surface area contributed by atoms with Crippen LogP contribution in [0.3, 0.4) is 0 Å². The van der Waals surface area contributed by atoms with Crippen molar-refractivity contribution in [3.05, 3.63) is 55.1 Å². The zero-order valence-corrected chi connectivity index (χ0v) is 11.5. The van der Waals surface area contributed by atoms with Crippen molar-refractivity contribution in [2.24, 2.45) is 0 Å². The number of nitrogen functional groups attached to an aromatic ring is 1. The molecule has 0 amide bonds. The standard InChI is InChI=1S/C16H22N2O/c1-4-11-18(12-5-2)15(6-3)16(19)13-7-9-14(17)10-8-13/h4-5,7-10,15H,1-2,6,11-12,17H2,3H3. The maximum Gasteiger partial charge on any atom is 0.179 e. The van der Waals surface area contributed by atoms with Gasteiger partial charge in [0.05, 0.1) is 6.04 Å². The van der Waals surface area contributed by atoms with Crippen LogP contribution in [0.5, 0.6) is 0 Å². The number of Topliss-reactive ketones (excluding diaryl/α,β-unsaturated/α-hetero) is 1. The molecule has 0 aliphatic carbocycles. The molecule has 0 aliphatic rings. The summed E-state index contributed by atoms with van der Waals surface area (Å²) >= 11 is 0. The highest BCUT2D eigenvalue weighted by atomic mass is 16.1. The second-order valence-electron chi connectivity index (χ2n) is 4.44. The number of hydrogen-bond donors (Lipinski definition) is 1. The molecule has 19 heavy (non-hydrogen) atoms. The lowest BCUT2D eigenvalue weighted by Gasteiger charge is -2.27. The molecule has 3 heteroatoms. The van der Waals surface area contributed by atoms with Gasteiger partial charge in [-0.1, -0.05) is 19.1 Å². The number of ketones is 1. The normalized spacial score (nSPS) is 12.1. The third kappa shape index (κ3) is 4.07. The Balaban J connectivity index is 2.93. The highest BCUT2D eigenvalue weighted by Crippen LogP contribution is 2.14. The Morgan fingerprint density at radius 3 is 2.21 bits per heavy atom. The van der Waals surface area contributed by atoms with E-state index in [9.17, 15) is 4.79 Å². The summed E-state index contributed by atoms with van der Waals surface area (Å²) < 4.78 is 0. The van der Waals surface area contributed by atoms with Crippen LogP contribution in [-0.4, -0.2) is 29.8 Å². The van der Waals surface area contributed by atoms with E-state index in [2.05, 4.69) is 18.1 Å². The van der Waals surface area contributed by atoms with Crippen molar-refractivity contribution >= 4 is 11.5 Å². The van der Waals surface area contributed by atoms with Crippen LogP contribution >= 0.6 is 0 Å². The van der Waals surface area contributed by atoms with E-state index in [1.54, 1.807) is 24.3 Å². The molecule has 0 saturated carbocycles. The summed E-state index contributed by atoms with van der Waals surface area (Å²) in [7, 11) is 0. The highest BCUT2D eigenvalue weighted by molar-refractivity contribution is 6.00. The van der Waals surface area contributed by atoms with Gasteiger partial charge in [-0.25, -0.2) is 0 Å². The molecule has 0 spiro atoms. The van der Waals surface area contributed by atoms with Gasteiger partial charge in [-0.15, -0.1) is 13.2 Å². The predicted molar refractivity (Wildman–Crippen MR) is 81.2 cm³/mol. The lowest BCUT2D eigenvalue weighted by atomic mass is 10.0. The van der Waals surface area contributed by atoms with E-state index in [-0.39, 0.29) is 11.8 Å². The summed E-state index contributed by atoms with van der Waals surface area (Å²) in [6.45, 7) is 10.8. The molecule has 1 atom stereocenters. The topological polar surface area (TPSA) is 46.3 Å². The van der Waals surface area contributed by atoms with Crippen molar-refractivity contribution in [2.45, 2.75) is 19.4 Å². The summed E-state index contributed by atoms with van der Waals surface area (Å²) in [6.07, 6.45) is 4.37. The number of nitrogens with two attached hydrogens (primary N) is 1. The Bertz CT molecular complexity index is 427. The second kappa shape index (κ2) is 7.54. The molecule has 0 aliphatic heterocycles. The molecule has 1 aromatic rings. The fourth-order valence-corrected chi connectivity index (χ4v) is 2.11. The van der Waals surface area contributed by atoms with Crippen LogP contribution < -0.4 is 5.73 Å². The van der Waals surface area contributed by atoms with Gasteiger partial charge in [-0.2, -0.15) is 0 Å². The van der Waals surface area contributed by atoms with Gasteiger partial charge in [0.15, 0.2) is 5.78 Å². The Morgan fingerprint density at radius 1 is 1.26 bits per heavy atom. The minimum absolute atomic E-state index is 0.117. The SMILES string of the molecule is C=CCN(CC=C)C(CC)C(=O)c1ccc(N)cc1. The molecular formula is C16H22N2O. The van der Waals surface area contributed by atoms with E-state index in [1.165, 1.54) is 0 Å². The molecule has 0 saturated heterocycles. The summed E-state index contributed by atoms with van der Waals surface area (Å²) in [6, 6.07) is 6.91. The zero-order valence-electron chi connectivity index (χ0n) is 11.5. The Kier molecular flexibility index (Phi) is 6.03. The first-order valence-electron chi connectivity index (χ1n) is 6.49.